The predicted molar refractivity (Wildman–Crippen MR) is 72.2 cm³/mol. The fourth-order valence-corrected chi connectivity index (χ4v) is 2.74. The van der Waals surface area contributed by atoms with Crippen LogP contribution in [0.5, 0.6) is 0 Å². The molecule has 0 spiro atoms. The maximum atomic E-state index is 5.41. The zero-order valence-corrected chi connectivity index (χ0v) is 11.6. The quantitative estimate of drug-likeness (QED) is 0.927. The normalized spacial score (nSPS) is 23.4. The van der Waals surface area contributed by atoms with Crippen molar-refractivity contribution in [3.63, 3.8) is 0 Å². The van der Waals surface area contributed by atoms with Crippen molar-refractivity contribution in [1.82, 2.24) is 15.5 Å². The second-order valence-electron chi connectivity index (χ2n) is 4.68. The molecular formula is C13H14BrN3O. The number of nitrogens with one attached hydrogen (secondary N) is 1. The Bertz CT molecular complexity index is 555. The van der Waals surface area contributed by atoms with Crippen LogP contribution in [0, 0.1) is 5.92 Å². The SMILES string of the molecule is C[C@@H]1CNC[C@H]1c1nc(-c2ccccc2Br)no1. The van der Waals surface area contributed by atoms with Gasteiger partial charge in [0.2, 0.25) is 11.7 Å². The lowest BCUT2D eigenvalue weighted by Crippen LogP contribution is -2.08. The lowest BCUT2D eigenvalue weighted by atomic mass is 9.98. The summed E-state index contributed by atoms with van der Waals surface area (Å²) in [5.41, 5.74) is 0.964. The van der Waals surface area contributed by atoms with E-state index in [0.29, 0.717) is 17.7 Å². The molecule has 1 aromatic carbocycles. The molecule has 0 radical (unpaired) electrons. The number of hydrogen-bond donors (Lipinski definition) is 1. The first-order valence-corrected chi connectivity index (χ1v) is 6.84. The van der Waals surface area contributed by atoms with E-state index in [1.165, 1.54) is 0 Å². The smallest absolute Gasteiger partial charge is 0.231 e. The van der Waals surface area contributed by atoms with Crippen LogP contribution in [0.1, 0.15) is 18.7 Å². The molecule has 5 heteroatoms. The molecular weight excluding hydrogens is 294 g/mol. The molecule has 0 unspecified atom stereocenters. The van der Waals surface area contributed by atoms with Crippen molar-refractivity contribution in [2.45, 2.75) is 12.8 Å². The Labute approximate surface area is 114 Å². The van der Waals surface area contributed by atoms with Crippen molar-refractivity contribution in [3.05, 3.63) is 34.6 Å². The van der Waals surface area contributed by atoms with Crippen LogP contribution in [0.4, 0.5) is 0 Å². The Balaban J connectivity index is 1.92. The zero-order chi connectivity index (χ0) is 12.5. The van der Waals surface area contributed by atoms with Crippen LogP contribution in [0.15, 0.2) is 33.3 Å². The number of nitrogens with zero attached hydrogens (tertiary/aromatic N) is 2. The molecule has 3 rings (SSSR count). The van der Waals surface area contributed by atoms with Gasteiger partial charge in [0.15, 0.2) is 0 Å². The summed E-state index contributed by atoms with van der Waals surface area (Å²) in [4.78, 5) is 4.53. The van der Waals surface area contributed by atoms with Gasteiger partial charge in [-0.25, -0.2) is 0 Å². The van der Waals surface area contributed by atoms with Crippen molar-refractivity contribution >= 4 is 15.9 Å². The second-order valence-corrected chi connectivity index (χ2v) is 5.53. The van der Waals surface area contributed by atoms with Crippen molar-refractivity contribution in [3.8, 4) is 11.4 Å². The first-order chi connectivity index (χ1) is 8.75. The van der Waals surface area contributed by atoms with Gasteiger partial charge < -0.3 is 9.84 Å². The predicted octanol–water partition coefficient (Wildman–Crippen LogP) is 2.82. The van der Waals surface area contributed by atoms with Crippen LogP contribution < -0.4 is 5.32 Å². The summed E-state index contributed by atoms with van der Waals surface area (Å²) in [5.74, 6) is 2.25. The molecule has 0 saturated carbocycles. The van der Waals surface area contributed by atoms with Gasteiger partial charge in [-0.2, -0.15) is 4.98 Å². The molecule has 2 aromatic rings. The van der Waals surface area contributed by atoms with E-state index in [4.69, 9.17) is 4.52 Å². The maximum absolute atomic E-state index is 5.41. The summed E-state index contributed by atoms with van der Waals surface area (Å²) in [5, 5.41) is 7.43. The van der Waals surface area contributed by atoms with E-state index in [0.717, 1.165) is 29.0 Å². The molecule has 1 aliphatic heterocycles. The molecule has 2 atom stereocenters. The van der Waals surface area contributed by atoms with Gasteiger partial charge in [0, 0.05) is 16.6 Å². The van der Waals surface area contributed by atoms with Crippen LogP contribution >= 0.6 is 15.9 Å². The second kappa shape index (κ2) is 4.82. The van der Waals surface area contributed by atoms with E-state index < -0.39 is 0 Å². The van der Waals surface area contributed by atoms with E-state index in [-0.39, 0.29) is 0 Å². The van der Waals surface area contributed by atoms with Gasteiger partial charge in [-0.1, -0.05) is 40.1 Å². The maximum Gasteiger partial charge on any atom is 0.231 e. The summed E-state index contributed by atoms with van der Waals surface area (Å²) in [6, 6.07) is 7.90. The average molecular weight is 308 g/mol. The number of aromatic nitrogens is 2. The summed E-state index contributed by atoms with van der Waals surface area (Å²) in [6.07, 6.45) is 0. The van der Waals surface area contributed by atoms with Gasteiger partial charge in [-0.3, -0.25) is 0 Å². The average Bonchev–Trinajstić information content (AvgIpc) is 2.98. The molecule has 1 fully saturated rings. The highest BCUT2D eigenvalue weighted by Gasteiger charge is 2.29. The van der Waals surface area contributed by atoms with E-state index >= 15 is 0 Å². The Morgan fingerprint density at radius 3 is 2.89 bits per heavy atom. The summed E-state index contributed by atoms with van der Waals surface area (Å²) >= 11 is 3.50. The highest BCUT2D eigenvalue weighted by atomic mass is 79.9. The van der Waals surface area contributed by atoms with Crippen LogP contribution in [0.2, 0.25) is 0 Å². The first-order valence-electron chi connectivity index (χ1n) is 6.05. The van der Waals surface area contributed by atoms with Gasteiger partial charge in [-0.15, -0.1) is 0 Å². The van der Waals surface area contributed by atoms with Crippen LogP contribution in [-0.2, 0) is 0 Å². The third-order valence-corrected chi connectivity index (χ3v) is 4.08. The van der Waals surface area contributed by atoms with Gasteiger partial charge in [0.1, 0.15) is 0 Å². The van der Waals surface area contributed by atoms with Gasteiger partial charge in [-0.05, 0) is 24.6 Å². The molecule has 18 heavy (non-hydrogen) atoms. The number of rotatable bonds is 2. The minimum atomic E-state index is 0.328. The molecule has 4 nitrogen and oxygen atoms in total. The Hall–Kier alpha value is -1.20. The largest absolute Gasteiger partial charge is 0.339 e. The lowest BCUT2D eigenvalue weighted by Gasteiger charge is -2.07. The van der Waals surface area contributed by atoms with E-state index in [2.05, 4.69) is 38.3 Å². The molecule has 1 aliphatic rings. The van der Waals surface area contributed by atoms with E-state index in [1.54, 1.807) is 0 Å². The molecule has 1 N–H and O–H groups in total. The highest BCUT2D eigenvalue weighted by Crippen LogP contribution is 2.30. The topological polar surface area (TPSA) is 51.0 Å². The van der Waals surface area contributed by atoms with E-state index in [1.807, 2.05) is 24.3 Å². The third-order valence-electron chi connectivity index (χ3n) is 3.39. The molecule has 1 aromatic heterocycles. The number of halogens is 1. The van der Waals surface area contributed by atoms with Crippen LogP contribution in [0.3, 0.4) is 0 Å². The van der Waals surface area contributed by atoms with Gasteiger partial charge in [0.25, 0.3) is 0 Å². The van der Waals surface area contributed by atoms with Gasteiger partial charge >= 0.3 is 0 Å². The first kappa shape index (κ1) is 11.9. The number of benzene rings is 1. The summed E-state index contributed by atoms with van der Waals surface area (Å²) in [6.45, 7) is 4.13. The molecule has 2 heterocycles. The van der Waals surface area contributed by atoms with Gasteiger partial charge in [0.05, 0.1) is 5.92 Å². The Morgan fingerprint density at radius 2 is 2.17 bits per heavy atom. The minimum Gasteiger partial charge on any atom is -0.339 e. The highest BCUT2D eigenvalue weighted by molar-refractivity contribution is 9.10. The molecule has 0 aliphatic carbocycles. The summed E-state index contributed by atoms with van der Waals surface area (Å²) < 4.78 is 6.39. The molecule has 94 valence electrons. The van der Waals surface area contributed by atoms with Crippen LogP contribution in [0.25, 0.3) is 11.4 Å². The van der Waals surface area contributed by atoms with Crippen molar-refractivity contribution in [1.29, 1.82) is 0 Å². The molecule has 0 amide bonds. The zero-order valence-electron chi connectivity index (χ0n) is 10.1. The fraction of sp³-hybridized carbons (Fsp3) is 0.385. The van der Waals surface area contributed by atoms with Crippen molar-refractivity contribution in [2.24, 2.45) is 5.92 Å². The Morgan fingerprint density at radius 1 is 1.33 bits per heavy atom. The molecule has 1 saturated heterocycles. The monoisotopic (exact) mass is 307 g/mol. The summed E-state index contributed by atoms with van der Waals surface area (Å²) in [7, 11) is 0. The standard InChI is InChI=1S/C13H14BrN3O/c1-8-6-15-7-10(8)13-16-12(17-18-13)9-4-2-3-5-11(9)14/h2-5,8,10,15H,6-7H2,1H3/t8-,10-/m1/s1. The lowest BCUT2D eigenvalue weighted by molar-refractivity contribution is 0.340. The van der Waals surface area contributed by atoms with E-state index in [9.17, 15) is 0 Å². The third kappa shape index (κ3) is 2.08. The number of hydrogen-bond acceptors (Lipinski definition) is 4. The van der Waals surface area contributed by atoms with Crippen molar-refractivity contribution in [2.75, 3.05) is 13.1 Å². The van der Waals surface area contributed by atoms with Crippen LogP contribution in [-0.4, -0.2) is 23.2 Å². The molecule has 0 bridgehead atoms. The minimum absolute atomic E-state index is 0.328. The van der Waals surface area contributed by atoms with Crippen molar-refractivity contribution < 1.29 is 4.52 Å². The fourth-order valence-electron chi connectivity index (χ4n) is 2.28. The Kier molecular flexibility index (Phi) is 3.18.